The molecule has 1 aliphatic heterocycles. The maximum absolute atomic E-state index is 13.5. The topological polar surface area (TPSA) is 74.7 Å². The molecule has 104 valence electrons. The Morgan fingerprint density at radius 2 is 2.05 bits per heavy atom. The average Bonchev–Trinajstić information content (AvgIpc) is 2.82. The molecule has 0 aromatic heterocycles. The van der Waals surface area contributed by atoms with Gasteiger partial charge in [-0.1, -0.05) is 0 Å². The van der Waals surface area contributed by atoms with Crippen LogP contribution in [0, 0.1) is 11.6 Å². The van der Waals surface area contributed by atoms with E-state index in [1.54, 1.807) is 0 Å². The lowest BCUT2D eigenvalue weighted by molar-refractivity contribution is -0.140. The van der Waals surface area contributed by atoms with E-state index in [1.165, 1.54) is 0 Å². The first-order chi connectivity index (χ1) is 8.84. The minimum Gasteiger partial charge on any atom is -0.480 e. The Morgan fingerprint density at radius 1 is 1.37 bits per heavy atom. The summed E-state index contributed by atoms with van der Waals surface area (Å²) in [6, 6.07) is 0.829. The molecule has 19 heavy (non-hydrogen) atoms. The van der Waals surface area contributed by atoms with Crippen molar-refractivity contribution in [1.29, 1.82) is 0 Å². The molecule has 0 radical (unpaired) electrons. The number of halogens is 2. The van der Waals surface area contributed by atoms with Crippen LogP contribution in [0.5, 0.6) is 0 Å². The zero-order valence-electron chi connectivity index (χ0n) is 9.71. The summed E-state index contributed by atoms with van der Waals surface area (Å²) in [5.41, 5.74) is 0. The third-order valence-corrected chi connectivity index (χ3v) is 4.89. The average molecular weight is 291 g/mol. The van der Waals surface area contributed by atoms with E-state index >= 15 is 0 Å². The molecular weight excluding hydrogens is 280 g/mol. The summed E-state index contributed by atoms with van der Waals surface area (Å²) in [5, 5.41) is 8.94. The van der Waals surface area contributed by atoms with Gasteiger partial charge >= 0.3 is 5.97 Å². The van der Waals surface area contributed by atoms with Gasteiger partial charge in [-0.2, -0.15) is 4.31 Å². The number of carboxylic acid groups (broad SMARTS) is 1. The summed E-state index contributed by atoms with van der Waals surface area (Å²) >= 11 is 0. The van der Waals surface area contributed by atoms with E-state index in [4.69, 9.17) is 5.11 Å². The van der Waals surface area contributed by atoms with Crippen LogP contribution in [0.3, 0.4) is 0 Å². The fourth-order valence-electron chi connectivity index (χ4n) is 2.08. The van der Waals surface area contributed by atoms with E-state index in [-0.39, 0.29) is 13.0 Å². The summed E-state index contributed by atoms with van der Waals surface area (Å²) in [6.45, 7) is -0.0186. The predicted octanol–water partition coefficient (Wildman–Crippen LogP) is 1.20. The standard InChI is InChI=1S/C11H11F2NO4S/c12-7-3-4-8(13)10(6-7)19(17,18)14-5-1-2-9(14)11(15)16/h3-4,6,9H,1-2,5H2,(H,15,16)/t9-/m1/s1. The van der Waals surface area contributed by atoms with Crippen molar-refractivity contribution in [2.45, 2.75) is 23.8 Å². The minimum atomic E-state index is -4.35. The van der Waals surface area contributed by atoms with Gasteiger partial charge in [-0.05, 0) is 31.0 Å². The summed E-state index contributed by atoms with van der Waals surface area (Å²) in [7, 11) is -4.35. The SMILES string of the molecule is O=C(O)[C@H]1CCCN1S(=O)(=O)c1cc(F)ccc1F. The van der Waals surface area contributed by atoms with Crippen LogP contribution in [0.1, 0.15) is 12.8 Å². The van der Waals surface area contributed by atoms with Gasteiger partial charge in [0.1, 0.15) is 22.6 Å². The highest BCUT2D eigenvalue weighted by Crippen LogP contribution is 2.28. The lowest BCUT2D eigenvalue weighted by Gasteiger charge is -2.21. The number of hydrogen-bond acceptors (Lipinski definition) is 3. The zero-order valence-corrected chi connectivity index (χ0v) is 10.5. The maximum Gasteiger partial charge on any atom is 0.322 e. The van der Waals surface area contributed by atoms with Gasteiger partial charge in [-0.25, -0.2) is 17.2 Å². The lowest BCUT2D eigenvalue weighted by Crippen LogP contribution is -2.40. The van der Waals surface area contributed by atoms with Gasteiger partial charge in [-0.3, -0.25) is 4.79 Å². The molecule has 1 atom stereocenters. The quantitative estimate of drug-likeness (QED) is 0.908. The first-order valence-electron chi connectivity index (χ1n) is 5.54. The number of benzene rings is 1. The van der Waals surface area contributed by atoms with Crippen LogP contribution in [0.15, 0.2) is 23.1 Å². The highest BCUT2D eigenvalue weighted by atomic mass is 32.2. The number of hydrogen-bond donors (Lipinski definition) is 1. The van der Waals surface area contributed by atoms with Crippen LogP contribution < -0.4 is 0 Å². The molecule has 0 bridgehead atoms. The van der Waals surface area contributed by atoms with Crippen LogP contribution in [0.4, 0.5) is 8.78 Å². The number of aliphatic carboxylic acids is 1. The van der Waals surface area contributed by atoms with Crippen molar-refractivity contribution in [3.8, 4) is 0 Å². The number of nitrogens with zero attached hydrogens (tertiary/aromatic N) is 1. The lowest BCUT2D eigenvalue weighted by atomic mass is 10.2. The Morgan fingerprint density at radius 3 is 2.68 bits per heavy atom. The van der Waals surface area contributed by atoms with E-state index in [9.17, 15) is 22.0 Å². The maximum atomic E-state index is 13.5. The van der Waals surface area contributed by atoms with Gasteiger partial charge in [0.25, 0.3) is 0 Å². The van der Waals surface area contributed by atoms with Gasteiger partial charge in [-0.15, -0.1) is 0 Å². The predicted molar refractivity (Wildman–Crippen MR) is 60.9 cm³/mol. The van der Waals surface area contributed by atoms with Crippen molar-refractivity contribution in [3.63, 3.8) is 0 Å². The molecule has 2 rings (SSSR count). The molecule has 0 unspecified atom stereocenters. The second kappa shape index (κ2) is 4.86. The molecular formula is C11H11F2NO4S. The summed E-state index contributed by atoms with van der Waals surface area (Å²) in [4.78, 5) is 10.1. The van der Waals surface area contributed by atoms with E-state index in [0.29, 0.717) is 22.9 Å². The van der Waals surface area contributed by atoms with E-state index in [0.717, 1.165) is 6.07 Å². The van der Waals surface area contributed by atoms with Crippen molar-refractivity contribution < 1.29 is 27.1 Å². The highest BCUT2D eigenvalue weighted by Gasteiger charge is 2.40. The van der Waals surface area contributed by atoms with Crippen molar-refractivity contribution in [2.75, 3.05) is 6.54 Å². The van der Waals surface area contributed by atoms with Crippen molar-refractivity contribution in [2.24, 2.45) is 0 Å². The molecule has 1 heterocycles. The second-order valence-electron chi connectivity index (χ2n) is 4.19. The monoisotopic (exact) mass is 291 g/mol. The fraction of sp³-hybridized carbons (Fsp3) is 0.364. The number of sulfonamides is 1. The molecule has 1 aromatic rings. The molecule has 1 saturated heterocycles. The first kappa shape index (κ1) is 13.9. The Bertz CT molecular complexity index is 617. The molecule has 0 saturated carbocycles. The van der Waals surface area contributed by atoms with Gasteiger partial charge in [0.05, 0.1) is 0 Å². The molecule has 0 aliphatic carbocycles. The normalized spacial score (nSPS) is 20.6. The van der Waals surface area contributed by atoms with Crippen LogP contribution in [0.2, 0.25) is 0 Å². The highest BCUT2D eigenvalue weighted by molar-refractivity contribution is 7.89. The smallest absolute Gasteiger partial charge is 0.322 e. The third kappa shape index (κ3) is 2.45. The van der Waals surface area contributed by atoms with Gasteiger partial charge in [0.2, 0.25) is 10.0 Å². The molecule has 5 nitrogen and oxygen atoms in total. The Labute approximate surface area is 108 Å². The van der Waals surface area contributed by atoms with Gasteiger partial charge in [0.15, 0.2) is 0 Å². The first-order valence-corrected chi connectivity index (χ1v) is 6.98. The summed E-state index contributed by atoms with van der Waals surface area (Å²) < 4.78 is 51.6. The molecule has 1 N–H and O–H groups in total. The van der Waals surface area contributed by atoms with Crippen LogP contribution in [0.25, 0.3) is 0 Å². The summed E-state index contributed by atoms with van der Waals surface area (Å²) in [5.74, 6) is -3.29. The van der Waals surface area contributed by atoms with Gasteiger partial charge in [0, 0.05) is 6.54 Å². The second-order valence-corrected chi connectivity index (χ2v) is 6.05. The largest absolute Gasteiger partial charge is 0.480 e. The van der Waals surface area contributed by atoms with E-state index < -0.39 is 38.6 Å². The van der Waals surface area contributed by atoms with Crippen molar-refractivity contribution in [1.82, 2.24) is 4.31 Å². The molecule has 1 aliphatic rings. The Balaban J connectivity index is 2.48. The number of rotatable bonds is 3. The minimum absolute atomic E-state index is 0.0186. The fourth-order valence-corrected chi connectivity index (χ4v) is 3.80. The molecule has 0 spiro atoms. The Kier molecular flexibility index (Phi) is 3.55. The van der Waals surface area contributed by atoms with E-state index in [2.05, 4.69) is 0 Å². The molecule has 1 aromatic carbocycles. The third-order valence-electron chi connectivity index (χ3n) is 2.97. The Hall–Kier alpha value is -1.54. The number of carbonyl (C=O) groups is 1. The van der Waals surface area contributed by atoms with Crippen LogP contribution in [-0.2, 0) is 14.8 Å². The van der Waals surface area contributed by atoms with Gasteiger partial charge < -0.3 is 5.11 Å². The summed E-state index contributed by atoms with van der Waals surface area (Å²) in [6.07, 6.45) is 0.526. The van der Waals surface area contributed by atoms with Crippen LogP contribution >= 0.6 is 0 Å². The molecule has 8 heteroatoms. The van der Waals surface area contributed by atoms with Crippen molar-refractivity contribution >= 4 is 16.0 Å². The zero-order chi connectivity index (χ0) is 14.2. The molecule has 1 fully saturated rings. The van der Waals surface area contributed by atoms with E-state index in [1.807, 2.05) is 0 Å². The molecule has 0 amide bonds. The number of carboxylic acids is 1. The van der Waals surface area contributed by atoms with Crippen LogP contribution in [-0.4, -0.2) is 36.4 Å². The van der Waals surface area contributed by atoms with Crippen molar-refractivity contribution in [3.05, 3.63) is 29.8 Å².